The van der Waals surface area contributed by atoms with Gasteiger partial charge in [0.2, 0.25) is 0 Å². The molecule has 1 amide bonds. The summed E-state index contributed by atoms with van der Waals surface area (Å²) < 4.78 is 16.5. The van der Waals surface area contributed by atoms with Gasteiger partial charge >= 0.3 is 11.7 Å². The van der Waals surface area contributed by atoms with E-state index in [1.807, 2.05) is 25.1 Å². The van der Waals surface area contributed by atoms with Gasteiger partial charge in [0.05, 0.1) is 27.2 Å². The molecule has 38 heavy (non-hydrogen) atoms. The number of aromatic nitrogens is 2. The Hall–Kier alpha value is -4.44. The predicted molar refractivity (Wildman–Crippen MR) is 143 cm³/mol. The third-order valence-corrected chi connectivity index (χ3v) is 6.51. The number of carbonyl (C=O) groups excluding carboxylic acids is 1. The van der Waals surface area contributed by atoms with Crippen molar-refractivity contribution in [3.05, 3.63) is 103 Å². The lowest BCUT2D eigenvalue weighted by Gasteiger charge is -2.17. The number of nitrogens with one attached hydrogen (secondary N) is 1. The van der Waals surface area contributed by atoms with Crippen LogP contribution in [0.2, 0.25) is 5.02 Å². The molecule has 0 aliphatic carbocycles. The van der Waals surface area contributed by atoms with E-state index in [4.69, 9.17) is 11.6 Å². The van der Waals surface area contributed by atoms with E-state index in [-0.39, 0.29) is 11.4 Å². The van der Waals surface area contributed by atoms with Gasteiger partial charge in [-0.15, -0.1) is 0 Å². The van der Waals surface area contributed by atoms with Crippen LogP contribution in [0.4, 0.5) is 10.1 Å². The van der Waals surface area contributed by atoms with Gasteiger partial charge in [0, 0.05) is 33.3 Å². The zero-order valence-electron chi connectivity index (χ0n) is 20.7. The Morgan fingerprint density at radius 3 is 2.37 bits per heavy atom. The van der Waals surface area contributed by atoms with Crippen LogP contribution in [0.15, 0.2) is 70.3 Å². The lowest BCUT2D eigenvalue weighted by molar-refractivity contribution is -0.139. The first-order valence-electron chi connectivity index (χ1n) is 11.5. The van der Waals surface area contributed by atoms with Gasteiger partial charge in [-0.1, -0.05) is 29.8 Å². The smallest absolute Gasteiger partial charge is 0.335 e. The van der Waals surface area contributed by atoms with E-state index >= 15 is 0 Å². The number of amides is 1. The first-order chi connectivity index (χ1) is 18.0. The molecule has 9 nitrogen and oxygen atoms in total. The number of benzene rings is 3. The highest BCUT2D eigenvalue weighted by atomic mass is 35.5. The summed E-state index contributed by atoms with van der Waals surface area (Å²) in [5, 5.41) is 12.1. The predicted octanol–water partition coefficient (Wildman–Crippen LogP) is 2.97. The number of halogens is 2. The zero-order chi connectivity index (χ0) is 27.7. The van der Waals surface area contributed by atoms with Crippen molar-refractivity contribution in [3.63, 3.8) is 0 Å². The number of anilines is 1. The van der Waals surface area contributed by atoms with E-state index in [2.05, 4.69) is 5.32 Å². The van der Waals surface area contributed by atoms with Crippen molar-refractivity contribution in [2.45, 2.75) is 12.5 Å². The Kier molecular flexibility index (Phi) is 7.36. The number of nitrogens with zero attached hydrogens (tertiary/aromatic N) is 3. The van der Waals surface area contributed by atoms with E-state index in [1.54, 1.807) is 31.3 Å². The number of carbonyl (C=O) groups is 2. The maximum atomic E-state index is 14.1. The van der Waals surface area contributed by atoms with Gasteiger partial charge in [-0.25, -0.2) is 18.5 Å². The molecule has 1 heterocycles. The lowest BCUT2D eigenvalue weighted by Crippen LogP contribution is -2.42. The number of carboxylic acids is 1. The second-order valence-corrected chi connectivity index (χ2v) is 9.32. The van der Waals surface area contributed by atoms with Gasteiger partial charge in [-0.3, -0.25) is 14.2 Å². The number of hydrogen-bond acceptors (Lipinski definition) is 5. The SMILES string of the molecule is CN(C)c1ccc2c(c1)c(=O)n(-c1ccc(CC(NC(=O)c3c(F)cccc3Cl)C(=O)O)cc1)c(=O)n2C. The first-order valence-corrected chi connectivity index (χ1v) is 11.9. The number of aliphatic carboxylic acids is 1. The molecule has 0 spiro atoms. The molecule has 0 fully saturated rings. The Balaban J connectivity index is 1.64. The third kappa shape index (κ3) is 5.03. The molecule has 196 valence electrons. The van der Waals surface area contributed by atoms with Gasteiger partial charge in [-0.05, 0) is 48.0 Å². The number of fused-ring (bicyclic) bond motifs is 1. The standard InChI is InChI=1S/C27H24ClFN4O5/c1-31(2)17-11-12-22-18(14-17)25(35)33(27(38)32(22)3)16-9-7-15(8-10-16)13-21(26(36)37)30-24(34)23-19(28)5-4-6-20(23)29/h4-12,14,21H,13H2,1-3H3,(H,30,34)(H,36,37). The second kappa shape index (κ2) is 10.5. The molecule has 1 atom stereocenters. The summed E-state index contributed by atoms with van der Waals surface area (Å²) in [4.78, 5) is 52.5. The number of carboxylic acid groups (broad SMARTS) is 1. The van der Waals surface area contributed by atoms with Gasteiger partial charge in [0.25, 0.3) is 11.5 Å². The molecule has 2 N–H and O–H groups in total. The zero-order valence-corrected chi connectivity index (χ0v) is 21.5. The largest absolute Gasteiger partial charge is 0.480 e. The van der Waals surface area contributed by atoms with Crippen LogP contribution in [0.5, 0.6) is 0 Å². The summed E-state index contributed by atoms with van der Waals surface area (Å²) in [6.07, 6.45) is -0.135. The Bertz CT molecular complexity index is 1660. The van der Waals surface area contributed by atoms with Crippen molar-refractivity contribution in [1.29, 1.82) is 0 Å². The fraction of sp³-hybridized carbons (Fsp3) is 0.185. The van der Waals surface area contributed by atoms with E-state index in [1.165, 1.54) is 28.8 Å². The molecular formula is C27H24ClFN4O5. The van der Waals surface area contributed by atoms with Crippen LogP contribution in [0.25, 0.3) is 16.6 Å². The first kappa shape index (κ1) is 26.6. The number of hydrogen-bond donors (Lipinski definition) is 2. The molecule has 3 aromatic carbocycles. The average molecular weight is 539 g/mol. The molecule has 1 unspecified atom stereocenters. The van der Waals surface area contributed by atoms with Crippen LogP contribution in [0, 0.1) is 5.82 Å². The highest BCUT2D eigenvalue weighted by molar-refractivity contribution is 6.33. The van der Waals surface area contributed by atoms with Gasteiger partial charge in [0.15, 0.2) is 0 Å². The monoisotopic (exact) mass is 538 g/mol. The van der Waals surface area contributed by atoms with Gasteiger partial charge in [0.1, 0.15) is 11.9 Å². The minimum Gasteiger partial charge on any atom is -0.480 e. The molecule has 0 saturated carbocycles. The lowest BCUT2D eigenvalue weighted by atomic mass is 10.0. The highest BCUT2D eigenvalue weighted by Crippen LogP contribution is 2.20. The minimum absolute atomic E-state index is 0.135. The van der Waals surface area contributed by atoms with Crippen molar-refractivity contribution in [3.8, 4) is 5.69 Å². The Labute approximate surface area is 221 Å². The summed E-state index contributed by atoms with van der Waals surface area (Å²) in [6, 6.07) is 13.7. The summed E-state index contributed by atoms with van der Waals surface area (Å²) in [6.45, 7) is 0. The van der Waals surface area contributed by atoms with E-state index in [9.17, 15) is 28.7 Å². The molecule has 0 radical (unpaired) electrons. The topological polar surface area (TPSA) is 114 Å². The maximum Gasteiger partial charge on any atom is 0.335 e. The summed E-state index contributed by atoms with van der Waals surface area (Å²) in [5.41, 5.74) is 0.622. The second-order valence-electron chi connectivity index (χ2n) is 8.91. The highest BCUT2D eigenvalue weighted by Gasteiger charge is 2.24. The molecule has 0 saturated heterocycles. The molecule has 4 rings (SSSR count). The van der Waals surface area contributed by atoms with E-state index < -0.39 is 40.5 Å². The molecule has 4 aromatic rings. The number of aryl methyl sites for hydroxylation is 1. The average Bonchev–Trinajstić information content (AvgIpc) is 2.87. The minimum atomic E-state index is -1.38. The third-order valence-electron chi connectivity index (χ3n) is 6.20. The normalized spacial score (nSPS) is 11.8. The molecule has 11 heteroatoms. The van der Waals surface area contributed by atoms with Crippen LogP contribution < -0.4 is 21.5 Å². The Morgan fingerprint density at radius 2 is 1.76 bits per heavy atom. The maximum absolute atomic E-state index is 14.1. The van der Waals surface area contributed by atoms with Crippen molar-refractivity contribution in [1.82, 2.24) is 14.5 Å². The van der Waals surface area contributed by atoms with Crippen LogP contribution in [-0.2, 0) is 18.3 Å². The van der Waals surface area contributed by atoms with Crippen molar-refractivity contribution in [2.75, 3.05) is 19.0 Å². The van der Waals surface area contributed by atoms with Gasteiger partial charge < -0.3 is 15.3 Å². The molecule has 1 aromatic heterocycles. The van der Waals surface area contributed by atoms with Crippen LogP contribution in [0.1, 0.15) is 15.9 Å². The summed E-state index contributed by atoms with van der Waals surface area (Å²) >= 11 is 5.91. The van der Waals surface area contributed by atoms with Crippen LogP contribution >= 0.6 is 11.6 Å². The van der Waals surface area contributed by atoms with Crippen LogP contribution in [-0.4, -0.2) is 46.3 Å². The van der Waals surface area contributed by atoms with Crippen molar-refractivity contribution < 1.29 is 19.1 Å². The van der Waals surface area contributed by atoms with Crippen molar-refractivity contribution in [2.24, 2.45) is 7.05 Å². The molecule has 0 aliphatic rings. The van der Waals surface area contributed by atoms with E-state index in [0.29, 0.717) is 22.2 Å². The van der Waals surface area contributed by atoms with Gasteiger partial charge in [-0.2, -0.15) is 0 Å². The summed E-state index contributed by atoms with van der Waals surface area (Å²) in [7, 11) is 5.27. The van der Waals surface area contributed by atoms with Crippen molar-refractivity contribution >= 4 is 40.1 Å². The Morgan fingerprint density at radius 1 is 1.08 bits per heavy atom. The fourth-order valence-electron chi connectivity index (χ4n) is 4.12. The molecule has 0 bridgehead atoms. The fourth-order valence-corrected chi connectivity index (χ4v) is 4.36. The molecule has 0 aliphatic heterocycles. The quantitative estimate of drug-likeness (QED) is 0.374. The molecular weight excluding hydrogens is 515 g/mol. The summed E-state index contributed by atoms with van der Waals surface area (Å²) in [5.74, 6) is -3.16. The number of rotatable bonds is 7. The van der Waals surface area contributed by atoms with E-state index in [0.717, 1.165) is 16.3 Å². The van der Waals surface area contributed by atoms with Crippen LogP contribution in [0.3, 0.4) is 0 Å².